The van der Waals surface area contributed by atoms with Gasteiger partial charge in [0.2, 0.25) is 0 Å². The summed E-state index contributed by atoms with van der Waals surface area (Å²) in [5.41, 5.74) is 18.7. The molecule has 0 saturated heterocycles. The van der Waals surface area contributed by atoms with Gasteiger partial charge in [0.1, 0.15) is 0 Å². The van der Waals surface area contributed by atoms with Crippen molar-refractivity contribution in [3.63, 3.8) is 0 Å². The quantitative estimate of drug-likeness (QED) is 0.143. The van der Waals surface area contributed by atoms with Crippen LogP contribution in [0.4, 0.5) is 34.1 Å². The summed E-state index contributed by atoms with van der Waals surface area (Å²) in [5.74, 6) is 0. The van der Waals surface area contributed by atoms with Crippen molar-refractivity contribution in [1.29, 1.82) is 0 Å². The zero-order chi connectivity index (χ0) is 44.9. The van der Waals surface area contributed by atoms with Crippen molar-refractivity contribution in [2.24, 2.45) is 0 Å². The molecule has 0 atom stereocenters. The van der Waals surface area contributed by atoms with Crippen LogP contribution in [0.15, 0.2) is 255 Å². The molecule has 0 heterocycles. The third-order valence-corrected chi connectivity index (χ3v) is 13.8. The molecule has 0 fully saturated rings. The molecule has 0 radical (unpaired) electrons. The lowest BCUT2D eigenvalue weighted by Gasteiger charge is -2.32. The van der Waals surface area contributed by atoms with Crippen LogP contribution in [0.1, 0.15) is 25.0 Å². The lowest BCUT2D eigenvalue weighted by atomic mass is 9.82. The normalized spacial score (nSPS) is 12.4. The van der Waals surface area contributed by atoms with Gasteiger partial charge in [-0.1, -0.05) is 202 Å². The summed E-state index contributed by atoms with van der Waals surface area (Å²) in [6, 6.07) is 93.4. The first-order valence-corrected chi connectivity index (χ1v) is 23.2. The fourth-order valence-electron chi connectivity index (χ4n) is 10.5. The molecule has 0 spiro atoms. The van der Waals surface area contributed by atoms with E-state index in [1.165, 1.54) is 60.5 Å². The molecule has 0 N–H and O–H groups in total. The number of nitrogens with zero attached hydrogens (tertiary/aromatic N) is 2. The van der Waals surface area contributed by atoms with E-state index in [1.807, 2.05) is 0 Å². The lowest BCUT2D eigenvalue weighted by Crippen LogP contribution is -2.16. The second kappa shape index (κ2) is 16.5. The van der Waals surface area contributed by atoms with Crippen molar-refractivity contribution in [1.82, 2.24) is 0 Å². The molecule has 2 heteroatoms. The maximum Gasteiger partial charge on any atom is 0.0561 e. The van der Waals surface area contributed by atoms with E-state index in [0.717, 1.165) is 50.8 Å². The number of fused-ring (bicyclic) bond motifs is 5. The predicted octanol–water partition coefficient (Wildman–Crippen LogP) is 18.2. The maximum atomic E-state index is 2.51. The van der Waals surface area contributed by atoms with Crippen LogP contribution < -0.4 is 9.80 Å². The van der Waals surface area contributed by atoms with Crippen LogP contribution in [-0.4, -0.2) is 0 Å². The van der Waals surface area contributed by atoms with E-state index in [2.05, 4.69) is 278 Å². The van der Waals surface area contributed by atoms with Gasteiger partial charge in [-0.15, -0.1) is 0 Å². The van der Waals surface area contributed by atoms with Gasteiger partial charge in [-0.25, -0.2) is 0 Å². The smallest absolute Gasteiger partial charge is 0.0561 e. The van der Waals surface area contributed by atoms with Gasteiger partial charge < -0.3 is 9.80 Å². The van der Waals surface area contributed by atoms with Gasteiger partial charge in [0, 0.05) is 38.9 Å². The van der Waals surface area contributed by atoms with Crippen LogP contribution in [0.5, 0.6) is 0 Å². The van der Waals surface area contributed by atoms with Crippen molar-refractivity contribution in [2.45, 2.75) is 19.3 Å². The number of hydrogen-bond acceptors (Lipinski definition) is 2. The van der Waals surface area contributed by atoms with Crippen LogP contribution in [0.25, 0.3) is 66.1 Å². The molecule has 67 heavy (non-hydrogen) atoms. The Bertz CT molecular complexity index is 3520. The Morgan fingerprint density at radius 3 is 1.34 bits per heavy atom. The highest BCUT2D eigenvalue weighted by molar-refractivity contribution is 6.09. The number of hydrogen-bond donors (Lipinski definition) is 0. The topological polar surface area (TPSA) is 6.48 Å². The minimum absolute atomic E-state index is 0.177. The Balaban J connectivity index is 1.18. The first-order chi connectivity index (χ1) is 33.0. The molecule has 1 aliphatic carbocycles. The first-order valence-electron chi connectivity index (χ1n) is 23.2. The Kier molecular flexibility index (Phi) is 9.88. The number of rotatable bonds is 9. The minimum atomic E-state index is -0.177. The highest BCUT2D eigenvalue weighted by Crippen LogP contribution is 2.53. The van der Waals surface area contributed by atoms with E-state index in [0.29, 0.717) is 0 Å². The van der Waals surface area contributed by atoms with E-state index in [9.17, 15) is 0 Å². The molecular weight excluding hydrogens is 809 g/mol. The largest absolute Gasteiger partial charge is 0.310 e. The Morgan fingerprint density at radius 1 is 0.269 bits per heavy atom. The highest BCUT2D eigenvalue weighted by Gasteiger charge is 2.36. The van der Waals surface area contributed by atoms with Crippen molar-refractivity contribution in [2.75, 3.05) is 9.80 Å². The fourth-order valence-corrected chi connectivity index (χ4v) is 10.5. The second-order valence-electron chi connectivity index (χ2n) is 18.2. The van der Waals surface area contributed by atoms with Crippen LogP contribution in [-0.2, 0) is 5.41 Å². The van der Waals surface area contributed by atoms with E-state index in [4.69, 9.17) is 0 Å². The van der Waals surface area contributed by atoms with Gasteiger partial charge in [-0.2, -0.15) is 0 Å². The Morgan fingerprint density at radius 2 is 0.746 bits per heavy atom. The molecule has 11 aromatic carbocycles. The number of anilines is 6. The Hall–Kier alpha value is -8.46. The van der Waals surface area contributed by atoms with Crippen LogP contribution in [0.2, 0.25) is 0 Å². The fraction of sp³-hybridized carbons (Fsp3) is 0.0462. The summed E-state index contributed by atoms with van der Waals surface area (Å²) >= 11 is 0. The van der Waals surface area contributed by atoms with Crippen LogP contribution in [0, 0.1) is 0 Å². The van der Waals surface area contributed by atoms with E-state index >= 15 is 0 Å². The second-order valence-corrected chi connectivity index (χ2v) is 18.2. The average molecular weight is 857 g/mol. The summed E-state index contributed by atoms with van der Waals surface area (Å²) in [6.07, 6.45) is 0. The van der Waals surface area contributed by atoms with Gasteiger partial charge in [-0.3, -0.25) is 0 Å². The van der Waals surface area contributed by atoms with E-state index in [-0.39, 0.29) is 5.41 Å². The van der Waals surface area contributed by atoms with Gasteiger partial charge >= 0.3 is 0 Å². The zero-order valence-corrected chi connectivity index (χ0v) is 37.6. The van der Waals surface area contributed by atoms with Gasteiger partial charge in [0.15, 0.2) is 0 Å². The molecule has 0 amide bonds. The standard InChI is InChI=1S/C65H48N2/c1-65(2)61-36-15-14-35-58(61)60-44-59-52(42-62(60)65)41-56(66(53-31-16-28-49(38-53)45-20-6-3-7-21-45)54-32-17-29-50(39-54)46-22-8-4-9-23-46)43-64(59)67(63-37-19-27-48-26-12-13-34-57(48)63)55-33-18-30-51(40-55)47-24-10-5-11-25-47/h3-44H,1-2H3. The van der Waals surface area contributed by atoms with Gasteiger partial charge in [0.25, 0.3) is 0 Å². The molecule has 11 aromatic rings. The summed E-state index contributed by atoms with van der Waals surface area (Å²) in [7, 11) is 0. The first kappa shape index (κ1) is 40.1. The van der Waals surface area contributed by atoms with Crippen molar-refractivity contribution >= 4 is 55.7 Å². The van der Waals surface area contributed by atoms with Gasteiger partial charge in [0.05, 0.1) is 11.4 Å². The molecule has 1 aliphatic rings. The van der Waals surface area contributed by atoms with E-state index < -0.39 is 0 Å². The summed E-state index contributed by atoms with van der Waals surface area (Å²) in [6.45, 7) is 4.75. The SMILES string of the molecule is CC1(C)c2ccccc2-c2cc3c(N(c4cccc(-c5ccccc5)c4)c4cccc5ccccc45)cc(N(c4cccc(-c5ccccc5)c4)c4cccc(-c5ccccc5)c4)cc3cc21. The molecule has 0 aliphatic heterocycles. The molecule has 0 saturated carbocycles. The summed E-state index contributed by atoms with van der Waals surface area (Å²) in [5, 5.41) is 4.74. The van der Waals surface area contributed by atoms with E-state index in [1.54, 1.807) is 0 Å². The van der Waals surface area contributed by atoms with Crippen molar-refractivity contribution in [3.8, 4) is 44.5 Å². The lowest BCUT2D eigenvalue weighted by molar-refractivity contribution is 0.661. The zero-order valence-electron chi connectivity index (χ0n) is 37.6. The summed E-state index contributed by atoms with van der Waals surface area (Å²) in [4.78, 5) is 4.97. The van der Waals surface area contributed by atoms with Crippen LogP contribution in [0.3, 0.4) is 0 Å². The molecule has 0 bridgehead atoms. The molecule has 12 rings (SSSR count). The molecule has 318 valence electrons. The van der Waals surface area contributed by atoms with Crippen LogP contribution >= 0.6 is 0 Å². The van der Waals surface area contributed by atoms with Crippen molar-refractivity contribution in [3.05, 3.63) is 266 Å². The average Bonchev–Trinajstić information content (AvgIpc) is 3.61. The molecule has 0 unspecified atom stereocenters. The number of benzene rings is 11. The molecule has 0 aromatic heterocycles. The molecule has 2 nitrogen and oxygen atoms in total. The predicted molar refractivity (Wildman–Crippen MR) is 285 cm³/mol. The highest BCUT2D eigenvalue weighted by atomic mass is 15.2. The van der Waals surface area contributed by atoms with Crippen molar-refractivity contribution < 1.29 is 0 Å². The third kappa shape index (κ3) is 7.15. The van der Waals surface area contributed by atoms with Gasteiger partial charge in [-0.05, 0) is 133 Å². The summed E-state index contributed by atoms with van der Waals surface area (Å²) < 4.78 is 0. The third-order valence-electron chi connectivity index (χ3n) is 13.8. The monoisotopic (exact) mass is 856 g/mol. The maximum absolute atomic E-state index is 2.51. The molecular formula is C65H48N2. The Labute approximate surface area is 393 Å². The minimum Gasteiger partial charge on any atom is -0.310 e.